The van der Waals surface area contributed by atoms with E-state index in [0.717, 1.165) is 35.7 Å². The fraction of sp³-hybridized carbons (Fsp3) is 0.333. The van der Waals surface area contributed by atoms with Crippen LogP contribution in [0.1, 0.15) is 19.5 Å². The predicted octanol–water partition coefficient (Wildman–Crippen LogP) is 2.93. The van der Waals surface area contributed by atoms with E-state index in [1.54, 1.807) is 12.3 Å². The van der Waals surface area contributed by atoms with Gasteiger partial charge in [-0.3, -0.25) is 9.78 Å². The third-order valence-corrected chi connectivity index (χ3v) is 4.70. The average molecular weight is 378 g/mol. The fourth-order valence-corrected chi connectivity index (χ4v) is 3.56. The topological polar surface area (TPSA) is 88.4 Å². The first-order chi connectivity index (χ1) is 13.5. The zero-order chi connectivity index (χ0) is 19.7. The van der Waals surface area contributed by atoms with Gasteiger partial charge in [-0.15, -0.1) is 0 Å². The lowest BCUT2D eigenvalue weighted by Crippen LogP contribution is -2.45. The molecule has 3 aromatic rings. The van der Waals surface area contributed by atoms with Crippen molar-refractivity contribution in [3.8, 4) is 11.4 Å². The lowest BCUT2D eigenvalue weighted by atomic mass is 10.1. The van der Waals surface area contributed by atoms with Crippen LogP contribution in [0.25, 0.3) is 22.3 Å². The number of ether oxygens (including phenoxy) is 1. The lowest BCUT2D eigenvalue weighted by molar-refractivity contribution is -0.136. The van der Waals surface area contributed by atoms with Gasteiger partial charge in [-0.1, -0.05) is 6.07 Å². The van der Waals surface area contributed by atoms with Crippen LogP contribution in [0, 0.1) is 0 Å². The van der Waals surface area contributed by atoms with E-state index < -0.39 is 5.97 Å². The molecule has 0 radical (unpaired) electrons. The first-order valence-electron chi connectivity index (χ1n) is 9.33. The number of hydrogen-bond acceptors (Lipinski definition) is 6. The highest BCUT2D eigenvalue weighted by atomic mass is 16.5. The molecule has 1 saturated heterocycles. The van der Waals surface area contributed by atoms with Gasteiger partial charge in [0.25, 0.3) is 0 Å². The minimum Gasteiger partial charge on any atom is -0.481 e. The second-order valence-corrected chi connectivity index (χ2v) is 7.18. The van der Waals surface area contributed by atoms with Gasteiger partial charge in [0.15, 0.2) is 0 Å². The quantitative estimate of drug-likeness (QED) is 0.747. The minimum absolute atomic E-state index is 0.122. The molecule has 28 heavy (non-hydrogen) atoms. The molecule has 144 valence electrons. The van der Waals surface area contributed by atoms with Crippen LogP contribution >= 0.6 is 0 Å². The maximum absolute atomic E-state index is 10.9. The van der Waals surface area contributed by atoms with Crippen molar-refractivity contribution in [1.29, 1.82) is 0 Å². The van der Waals surface area contributed by atoms with Gasteiger partial charge < -0.3 is 14.7 Å². The van der Waals surface area contributed by atoms with Crippen LogP contribution in [0.2, 0.25) is 0 Å². The average Bonchev–Trinajstić information content (AvgIpc) is 2.66. The number of nitrogens with zero attached hydrogens (tertiary/aromatic N) is 4. The van der Waals surface area contributed by atoms with E-state index in [2.05, 4.69) is 23.7 Å². The Labute approximate surface area is 163 Å². The summed E-state index contributed by atoms with van der Waals surface area (Å²) in [6, 6.07) is 11.5. The Balaban J connectivity index is 1.66. The number of anilines is 1. The number of morpholine rings is 1. The van der Waals surface area contributed by atoms with Crippen molar-refractivity contribution in [2.45, 2.75) is 32.5 Å². The molecule has 4 rings (SSSR count). The second-order valence-electron chi connectivity index (χ2n) is 7.18. The van der Waals surface area contributed by atoms with E-state index in [1.807, 2.05) is 30.3 Å². The molecule has 7 nitrogen and oxygen atoms in total. The summed E-state index contributed by atoms with van der Waals surface area (Å²) < 4.78 is 5.81. The second kappa shape index (κ2) is 7.52. The van der Waals surface area contributed by atoms with Crippen LogP contribution in [0.15, 0.2) is 42.6 Å². The number of carboxylic acids is 1. The van der Waals surface area contributed by atoms with Crippen molar-refractivity contribution in [2.24, 2.45) is 0 Å². The Bertz CT molecular complexity index is 1010. The van der Waals surface area contributed by atoms with E-state index in [4.69, 9.17) is 19.8 Å². The molecule has 0 aliphatic carbocycles. The Hall–Kier alpha value is -3.06. The van der Waals surface area contributed by atoms with E-state index in [0.29, 0.717) is 11.2 Å². The molecule has 0 aromatic carbocycles. The van der Waals surface area contributed by atoms with Gasteiger partial charge in [0.05, 0.1) is 41.2 Å². The van der Waals surface area contributed by atoms with Gasteiger partial charge in [-0.05, 0) is 44.2 Å². The number of carbonyl (C=O) groups is 1. The van der Waals surface area contributed by atoms with Crippen LogP contribution in [-0.2, 0) is 16.0 Å². The minimum atomic E-state index is -0.911. The largest absolute Gasteiger partial charge is 0.481 e. The van der Waals surface area contributed by atoms with Gasteiger partial charge in [-0.2, -0.15) is 0 Å². The molecule has 1 aliphatic rings. The maximum atomic E-state index is 10.9. The highest BCUT2D eigenvalue weighted by molar-refractivity contribution is 5.81. The van der Waals surface area contributed by atoms with Crippen LogP contribution in [-0.4, -0.2) is 51.3 Å². The molecule has 2 atom stereocenters. The molecule has 3 aromatic heterocycles. The van der Waals surface area contributed by atoms with E-state index in [-0.39, 0.29) is 18.6 Å². The first kappa shape index (κ1) is 18.3. The Morgan fingerprint density at radius 2 is 1.89 bits per heavy atom. The van der Waals surface area contributed by atoms with Gasteiger partial charge >= 0.3 is 5.97 Å². The van der Waals surface area contributed by atoms with Crippen molar-refractivity contribution in [3.05, 3.63) is 48.3 Å². The van der Waals surface area contributed by atoms with Gasteiger partial charge in [0.2, 0.25) is 0 Å². The molecule has 1 N–H and O–H groups in total. The summed E-state index contributed by atoms with van der Waals surface area (Å²) in [5.41, 5.74) is 2.73. The Morgan fingerprint density at radius 1 is 1.14 bits per heavy atom. The third kappa shape index (κ3) is 3.94. The fourth-order valence-electron chi connectivity index (χ4n) is 3.56. The summed E-state index contributed by atoms with van der Waals surface area (Å²) in [5, 5.41) is 9.84. The summed E-state index contributed by atoms with van der Waals surface area (Å²) in [6.07, 6.45) is 1.86. The molecule has 0 amide bonds. The van der Waals surface area contributed by atoms with E-state index in [1.165, 1.54) is 0 Å². The molecule has 0 spiro atoms. The molecule has 4 heterocycles. The molecule has 0 bridgehead atoms. The monoisotopic (exact) mass is 378 g/mol. The lowest BCUT2D eigenvalue weighted by Gasteiger charge is -2.36. The molecule has 0 saturated carbocycles. The number of aromatic nitrogens is 3. The van der Waals surface area contributed by atoms with E-state index in [9.17, 15) is 4.79 Å². The smallest absolute Gasteiger partial charge is 0.309 e. The maximum Gasteiger partial charge on any atom is 0.309 e. The van der Waals surface area contributed by atoms with Crippen LogP contribution in [0.5, 0.6) is 0 Å². The summed E-state index contributed by atoms with van der Waals surface area (Å²) in [7, 11) is 0. The summed E-state index contributed by atoms with van der Waals surface area (Å²) in [5.74, 6) is -0.00553. The summed E-state index contributed by atoms with van der Waals surface area (Å²) in [4.78, 5) is 26.9. The zero-order valence-electron chi connectivity index (χ0n) is 15.9. The molecular formula is C21H22N4O3. The van der Waals surface area contributed by atoms with Gasteiger partial charge in [0, 0.05) is 24.7 Å². The van der Waals surface area contributed by atoms with Crippen molar-refractivity contribution in [1.82, 2.24) is 15.0 Å². The molecule has 0 unspecified atom stereocenters. The van der Waals surface area contributed by atoms with Crippen LogP contribution in [0.4, 0.5) is 5.82 Å². The molecule has 7 heteroatoms. The van der Waals surface area contributed by atoms with Crippen LogP contribution in [0.3, 0.4) is 0 Å². The standard InChI is InChI=1S/C21H22N4O3/c1-13-11-25(12-14(2)28-13)20-5-3-4-17(24-20)18-7-6-15-10-22-16(9-21(26)27)8-19(15)23-18/h3-8,10,13-14H,9,11-12H2,1-2H3,(H,26,27)/t13-,14+. The number of carboxylic acid groups (broad SMARTS) is 1. The number of fused-ring (bicyclic) bond motifs is 1. The number of aliphatic carboxylic acids is 1. The van der Waals surface area contributed by atoms with Crippen molar-refractivity contribution >= 4 is 22.7 Å². The third-order valence-electron chi connectivity index (χ3n) is 4.70. The number of pyridine rings is 3. The number of hydrogen-bond donors (Lipinski definition) is 1. The van der Waals surface area contributed by atoms with Crippen molar-refractivity contribution in [2.75, 3.05) is 18.0 Å². The first-order valence-corrected chi connectivity index (χ1v) is 9.33. The van der Waals surface area contributed by atoms with Crippen molar-refractivity contribution < 1.29 is 14.6 Å². The van der Waals surface area contributed by atoms with Gasteiger partial charge in [0.1, 0.15) is 5.82 Å². The molecular weight excluding hydrogens is 356 g/mol. The summed E-state index contributed by atoms with van der Waals surface area (Å²) >= 11 is 0. The normalized spacial score (nSPS) is 19.7. The van der Waals surface area contributed by atoms with Gasteiger partial charge in [-0.25, -0.2) is 9.97 Å². The highest BCUT2D eigenvalue weighted by Gasteiger charge is 2.23. The SMILES string of the molecule is C[C@@H]1CN(c2cccc(-c3ccc4cnc(CC(=O)O)cc4n3)n2)C[C@H](C)O1. The van der Waals surface area contributed by atoms with Crippen molar-refractivity contribution in [3.63, 3.8) is 0 Å². The van der Waals surface area contributed by atoms with E-state index >= 15 is 0 Å². The Morgan fingerprint density at radius 3 is 2.64 bits per heavy atom. The van der Waals surface area contributed by atoms with Crippen LogP contribution < -0.4 is 4.90 Å². The number of rotatable bonds is 4. The highest BCUT2D eigenvalue weighted by Crippen LogP contribution is 2.24. The summed E-state index contributed by atoms with van der Waals surface area (Å²) in [6.45, 7) is 5.74. The Kier molecular flexibility index (Phi) is 4.92. The molecule has 1 aliphatic heterocycles. The molecule has 1 fully saturated rings. The predicted molar refractivity (Wildman–Crippen MR) is 106 cm³/mol. The zero-order valence-corrected chi connectivity index (χ0v) is 15.9.